The van der Waals surface area contributed by atoms with Gasteiger partial charge in [0, 0.05) is 4.47 Å². The predicted molar refractivity (Wildman–Crippen MR) is 75.3 cm³/mol. The quantitative estimate of drug-likeness (QED) is 0.634. The Morgan fingerprint density at radius 1 is 1.37 bits per heavy atom. The lowest BCUT2D eigenvalue weighted by molar-refractivity contribution is -0.148. The largest absolute Gasteiger partial charge is 0.464 e. The van der Waals surface area contributed by atoms with Crippen LogP contribution in [0.25, 0.3) is 0 Å². The highest BCUT2D eigenvalue weighted by atomic mass is 79.9. The SMILES string of the molecule is CCOC(=O)C(N)C(=O)N[C@H](C)c1ccc(Br)cc1. The van der Waals surface area contributed by atoms with Gasteiger partial charge in [0.25, 0.3) is 0 Å². The molecular weight excluding hydrogens is 312 g/mol. The van der Waals surface area contributed by atoms with Crippen molar-refractivity contribution in [3.63, 3.8) is 0 Å². The minimum absolute atomic E-state index is 0.197. The van der Waals surface area contributed by atoms with Gasteiger partial charge >= 0.3 is 5.97 Å². The summed E-state index contributed by atoms with van der Waals surface area (Å²) in [6, 6.07) is 5.99. The third kappa shape index (κ3) is 4.65. The number of halogens is 1. The van der Waals surface area contributed by atoms with Gasteiger partial charge in [-0.05, 0) is 31.5 Å². The number of carbonyl (C=O) groups excluding carboxylic acids is 2. The molecule has 0 saturated heterocycles. The highest BCUT2D eigenvalue weighted by Crippen LogP contribution is 2.16. The summed E-state index contributed by atoms with van der Waals surface area (Å²) in [5.74, 6) is -1.27. The first kappa shape index (κ1) is 15.7. The second-order valence-electron chi connectivity index (χ2n) is 4.01. The zero-order valence-corrected chi connectivity index (χ0v) is 12.4. The first-order valence-corrected chi connectivity index (χ1v) is 6.73. The lowest BCUT2D eigenvalue weighted by atomic mass is 10.1. The molecule has 19 heavy (non-hydrogen) atoms. The molecule has 1 unspecified atom stereocenters. The van der Waals surface area contributed by atoms with E-state index in [1.807, 2.05) is 31.2 Å². The highest BCUT2D eigenvalue weighted by Gasteiger charge is 2.24. The van der Waals surface area contributed by atoms with Gasteiger partial charge in [-0.3, -0.25) is 4.79 Å². The minimum Gasteiger partial charge on any atom is -0.464 e. The molecule has 5 nitrogen and oxygen atoms in total. The van der Waals surface area contributed by atoms with Gasteiger partial charge in [0.1, 0.15) is 0 Å². The topological polar surface area (TPSA) is 81.4 Å². The summed E-state index contributed by atoms with van der Waals surface area (Å²) in [6.07, 6.45) is 0. The number of nitrogens with one attached hydrogen (secondary N) is 1. The molecule has 0 fully saturated rings. The van der Waals surface area contributed by atoms with Gasteiger partial charge in [-0.15, -0.1) is 0 Å². The maximum absolute atomic E-state index is 11.8. The molecule has 0 aromatic heterocycles. The maximum atomic E-state index is 11.8. The number of esters is 1. The Hall–Kier alpha value is -1.40. The summed E-state index contributed by atoms with van der Waals surface area (Å²) >= 11 is 3.34. The van der Waals surface area contributed by atoms with Crippen LogP contribution in [0, 0.1) is 0 Å². The molecule has 1 amide bonds. The standard InChI is InChI=1S/C13H17BrN2O3/c1-3-19-13(18)11(15)12(17)16-8(2)9-4-6-10(14)7-5-9/h4-8,11H,3,15H2,1-2H3,(H,16,17)/t8-,11?/m1/s1. The molecule has 0 heterocycles. The minimum atomic E-state index is -1.29. The number of ether oxygens (including phenoxy) is 1. The van der Waals surface area contributed by atoms with Crippen molar-refractivity contribution in [1.29, 1.82) is 0 Å². The summed E-state index contributed by atoms with van der Waals surface area (Å²) in [4.78, 5) is 23.1. The van der Waals surface area contributed by atoms with Crippen molar-refractivity contribution in [2.75, 3.05) is 6.61 Å². The highest BCUT2D eigenvalue weighted by molar-refractivity contribution is 9.10. The van der Waals surface area contributed by atoms with Crippen LogP contribution in [-0.4, -0.2) is 24.5 Å². The molecule has 6 heteroatoms. The van der Waals surface area contributed by atoms with E-state index in [4.69, 9.17) is 10.5 Å². The van der Waals surface area contributed by atoms with Crippen LogP contribution in [-0.2, 0) is 14.3 Å². The molecular formula is C13H17BrN2O3. The summed E-state index contributed by atoms with van der Waals surface area (Å²) in [7, 11) is 0. The van der Waals surface area contributed by atoms with Gasteiger partial charge in [-0.2, -0.15) is 0 Å². The van der Waals surface area contributed by atoms with Crippen molar-refractivity contribution < 1.29 is 14.3 Å². The molecule has 0 aliphatic heterocycles. The maximum Gasteiger partial charge on any atom is 0.332 e. The van der Waals surface area contributed by atoms with Crippen LogP contribution in [0.4, 0.5) is 0 Å². The average molecular weight is 329 g/mol. The van der Waals surface area contributed by atoms with Crippen molar-refractivity contribution in [1.82, 2.24) is 5.32 Å². The number of rotatable bonds is 5. The Morgan fingerprint density at radius 2 is 1.95 bits per heavy atom. The van der Waals surface area contributed by atoms with Gasteiger partial charge in [0.05, 0.1) is 12.6 Å². The molecule has 0 saturated carbocycles. The number of amides is 1. The summed E-state index contributed by atoms with van der Waals surface area (Å²) in [5.41, 5.74) is 6.43. The number of hydrogen-bond acceptors (Lipinski definition) is 4. The lowest BCUT2D eigenvalue weighted by Crippen LogP contribution is -2.47. The zero-order valence-electron chi connectivity index (χ0n) is 10.9. The van der Waals surface area contributed by atoms with Crippen LogP contribution in [0.2, 0.25) is 0 Å². The second kappa shape index (κ2) is 7.25. The van der Waals surface area contributed by atoms with Crippen molar-refractivity contribution in [3.8, 4) is 0 Å². The zero-order chi connectivity index (χ0) is 14.4. The fourth-order valence-electron chi connectivity index (χ4n) is 1.48. The average Bonchev–Trinajstić information content (AvgIpc) is 2.38. The van der Waals surface area contributed by atoms with Gasteiger partial charge in [0.15, 0.2) is 6.04 Å². The fraction of sp³-hybridized carbons (Fsp3) is 0.385. The van der Waals surface area contributed by atoms with Crippen LogP contribution < -0.4 is 11.1 Å². The molecule has 0 aliphatic carbocycles. The molecule has 2 atom stereocenters. The Morgan fingerprint density at radius 3 is 2.47 bits per heavy atom. The Kier molecular flexibility index (Phi) is 5.98. The monoisotopic (exact) mass is 328 g/mol. The van der Waals surface area contributed by atoms with E-state index in [0.29, 0.717) is 0 Å². The smallest absolute Gasteiger partial charge is 0.332 e. The third-order valence-corrected chi connectivity index (χ3v) is 3.08. The molecule has 1 aromatic rings. The van der Waals surface area contributed by atoms with E-state index in [9.17, 15) is 9.59 Å². The van der Waals surface area contributed by atoms with Crippen LogP contribution in [0.1, 0.15) is 25.5 Å². The van der Waals surface area contributed by atoms with Crippen LogP contribution in [0.5, 0.6) is 0 Å². The van der Waals surface area contributed by atoms with E-state index in [0.717, 1.165) is 10.0 Å². The Bertz CT molecular complexity index is 448. The van der Waals surface area contributed by atoms with Gasteiger partial charge in [-0.25, -0.2) is 4.79 Å². The van der Waals surface area contributed by atoms with Crippen LogP contribution in [0.15, 0.2) is 28.7 Å². The molecule has 104 valence electrons. The molecule has 3 N–H and O–H groups in total. The molecule has 1 aromatic carbocycles. The number of carbonyl (C=O) groups is 2. The Balaban J connectivity index is 2.61. The van der Waals surface area contributed by atoms with Crippen molar-refractivity contribution in [2.45, 2.75) is 25.9 Å². The molecule has 0 aliphatic rings. The number of benzene rings is 1. The predicted octanol–water partition coefficient (Wildman–Crippen LogP) is 1.52. The normalized spacial score (nSPS) is 13.5. The van der Waals surface area contributed by atoms with E-state index in [1.54, 1.807) is 6.92 Å². The summed E-state index contributed by atoms with van der Waals surface area (Å²) in [5, 5.41) is 2.67. The molecule has 0 radical (unpaired) electrons. The van der Waals surface area contributed by atoms with Crippen molar-refractivity contribution in [3.05, 3.63) is 34.3 Å². The van der Waals surface area contributed by atoms with E-state index in [2.05, 4.69) is 21.2 Å². The molecule has 1 rings (SSSR count). The number of nitrogens with two attached hydrogens (primary N) is 1. The van der Waals surface area contributed by atoms with Gasteiger partial charge < -0.3 is 15.8 Å². The first-order chi connectivity index (χ1) is 8.95. The van der Waals surface area contributed by atoms with Gasteiger partial charge in [0.2, 0.25) is 5.91 Å². The summed E-state index contributed by atoms with van der Waals surface area (Å²) in [6.45, 7) is 3.67. The van der Waals surface area contributed by atoms with E-state index < -0.39 is 17.9 Å². The fourth-order valence-corrected chi connectivity index (χ4v) is 1.74. The summed E-state index contributed by atoms with van der Waals surface area (Å²) < 4.78 is 5.65. The number of hydrogen-bond donors (Lipinski definition) is 2. The van der Waals surface area contributed by atoms with Crippen molar-refractivity contribution >= 4 is 27.8 Å². The second-order valence-corrected chi connectivity index (χ2v) is 4.93. The van der Waals surface area contributed by atoms with E-state index >= 15 is 0 Å². The van der Waals surface area contributed by atoms with E-state index in [1.165, 1.54) is 0 Å². The first-order valence-electron chi connectivity index (χ1n) is 5.93. The molecule has 0 bridgehead atoms. The van der Waals surface area contributed by atoms with Crippen LogP contribution >= 0.6 is 15.9 Å². The molecule has 0 spiro atoms. The third-order valence-electron chi connectivity index (χ3n) is 2.55. The van der Waals surface area contributed by atoms with E-state index in [-0.39, 0.29) is 12.6 Å². The lowest BCUT2D eigenvalue weighted by Gasteiger charge is -2.17. The van der Waals surface area contributed by atoms with Gasteiger partial charge in [-0.1, -0.05) is 28.1 Å². The Labute approximate surface area is 120 Å². The van der Waals surface area contributed by atoms with Crippen LogP contribution in [0.3, 0.4) is 0 Å². The van der Waals surface area contributed by atoms with Crippen molar-refractivity contribution in [2.24, 2.45) is 5.73 Å².